The summed E-state index contributed by atoms with van der Waals surface area (Å²) in [5.74, 6) is 0.110. The monoisotopic (exact) mass is 394 g/mol. The van der Waals surface area contributed by atoms with Crippen molar-refractivity contribution in [3.8, 4) is 0 Å². The Labute approximate surface area is 162 Å². The van der Waals surface area contributed by atoms with Crippen LogP contribution in [0.25, 0.3) is 5.65 Å². The maximum Gasteiger partial charge on any atom is 0.358 e. The molecule has 0 aliphatic carbocycles. The number of esters is 1. The molecule has 0 amide bonds. The Morgan fingerprint density at radius 2 is 1.92 bits per heavy atom. The highest BCUT2D eigenvalue weighted by atomic mass is 35.5. The number of benzene rings is 1. The number of ether oxygens (including phenoxy) is 1. The molecule has 0 saturated carbocycles. The third kappa shape index (κ3) is 4.08. The number of hydrogen-bond donors (Lipinski definition) is 0. The highest BCUT2D eigenvalue weighted by Gasteiger charge is 2.18. The van der Waals surface area contributed by atoms with E-state index in [4.69, 9.17) is 27.9 Å². The van der Waals surface area contributed by atoms with Crippen molar-refractivity contribution in [2.45, 2.75) is 20.8 Å². The van der Waals surface area contributed by atoms with Crippen molar-refractivity contribution in [1.29, 1.82) is 0 Å². The molecule has 8 heteroatoms. The van der Waals surface area contributed by atoms with E-state index in [-0.39, 0.29) is 17.5 Å². The van der Waals surface area contributed by atoms with E-state index >= 15 is 0 Å². The SMILES string of the molecule is CC.CCOC(=O)c1cc2nc(Cl)cc(N(C)c3ccccc3Cl)n2n1. The van der Waals surface area contributed by atoms with Crippen LogP contribution in [0.15, 0.2) is 36.4 Å². The highest BCUT2D eigenvalue weighted by molar-refractivity contribution is 6.33. The average molecular weight is 395 g/mol. The normalized spacial score (nSPS) is 10.2. The minimum Gasteiger partial charge on any atom is -0.461 e. The van der Waals surface area contributed by atoms with Crippen molar-refractivity contribution >= 4 is 46.3 Å². The van der Waals surface area contributed by atoms with Gasteiger partial charge in [0, 0.05) is 19.2 Å². The molecule has 3 aromatic rings. The first-order chi connectivity index (χ1) is 12.5. The van der Waals surface area contributed by atoms with Gasteiger partial charge in [0.2, 0.25) is 0 Å². The van der Waals surface area contributed by atoms with Crippen LogP contribution in [0.2, 0.25) is 10.2 Å². The van der Waals surface area contributed by atoms with Gasteiger partial charge in [0.05, 0.1) is 17.3 Å². The molecule has 0 bridgehead atoms. The molecule has 0 N–H and O–H groups in total. The molecular weight excluding hydrogens is 375 g/mol. The third-order valence-electron chi connectivity index (χ3n) is 3.42. The van der Waals surface area contributed by atoms with Crippen LogP contribution < -0.4 is 4.90 Å². The Morgan fingerprint density at radius 1 is 1.23 bits per heavy atom. The summed E-state index contributed by atoms with van der Waals surface area (Å²) in [5.41, 5.74) is 1.38. The van der Waals surface area contributed by atoms with Gasteiger partial charge in [-0.3, -0.25) is 0 Å². The van der Waals surface area contributed by atoms with Crippen molar-refractivity contribution < 1.29 is 9.53 Å². The van der Waals surface area contributed by atoms with Gasteiger partial charge in [-0.25, -0.2) is 9.78 Å². The lowest BCUT2D eigenvalue weighted by molar-refractivity contribution is 0.0519. The van der Waals surface area contributed by atoms with E-state index < -0.39 is 5.97 Å². The number of para-hydroxylation sites is 1. The standard InChI is InChI=1S/C16H14Cl2N4O2.C2H6/c1-3-24-16(23)11-8-14-19-13(18)9-15(22(14)20-11)21(2)12-7-5-4-6-10(12)17;1-2/h4-9H,3H2,1-2H3;1-2H3. The molecule has 0 spiro atoms. The van der Waals surface area contributed by atoms with Crippen LogP contribution in [0.5, 0.6) is 0 Å². The van der Waals surface area contributed by atoms with Crippen molar-refractivity contribution in [1.82, 2.24) is 14.6 Å². The predicted octanol–water partition coefficient (Wildman–Crippen LogP) is 5.01. The van der Waals surface area contributed by atoms with Crippen LogP contribution >= 0.6 is 23.2 Å². The summed E-state index contributed by atoms with van der Waals surface area (Å²) in [6.45, 7) is 6.01. The summed E-state index contributed by atoms with van der Waals surface area (Å²) in [6.07, 6.45) is 0. The Kier molecular flexibility index (Phi) is 6.83. The maximum atomic E-state index is 11.9. The molecule has 0 atom stereocenters. The zero-order valence-corrected chi connectivity index (χ0v) is 16.5. The lowest BCUT2D eigenvalue weighted by atomic mass is 10.3. The molecule has 0 radical (unpaired) electrons. The van der Waals surface area contributed by atoms with Crippen LogP contribution in [0.3, 0.4) is 0 Å². The Hall–Kier alpha value is -2.31. The number of aromatic nitrogens is 3. The van der Waals surface area contributed by atoms with Crippen molar-refractivity contribution in [3.05, 3.63) is 52.3 Å². The Balaban J connectivity index is 0.00000117. The fourth-order valence-corrected chi connectivity index (χ4v) is 2.77. The quantitative estimate of drug-likeness (QED) is 0.459. The zero-order valence-electron chi connectivity index (χ0n) is 15.0. The van der Waals surface area contributed by atoms with Gasteiger partial charge in [-0.2, -0.15) is 9.61 Å². The van der Waals surface area contributed by atoms with Gasteiger partial charge in [-0.15, -0.1) is 0 Å². The summed E-state index contributed by atoms with van der Waals surface area (Å²) in [7, 11) is 1.83. The van der Waals surface area contributed by atoms with E-state index in [0.717, 1.165) is 5.69 Å². The molecule has 1 aromatic carbocycles. The first kappa shape index (κ1) is 20.0. The van der Waals surface area contributed by atoms with Gasteiger partial charge >= 0.3 is 5.97 Å². The molecule has 0 aliphatic rings. The van der Waals surface area contributed by atoms with Gasteiger partial charge in [0.25, 0.3) is 0 Å². The number of hydrogen-bond acceptors (Lipinski definition) is 5. The van der Waals surface area contributed by atoms with Gasteiger partial charge in [-0.1, -0.05) is 49.2 Å². The molecule has 0 saturated heterocycles. The van der Waals surface area contributed by atoms with E-state index in [0.29, 0.717) is 16.5 Å². The number of halogens is 2. The van der Waals surface area contributed by atoms with Crippen molar-refractivity contribution in [2.75, 3.05) is 18.6 Å². The van der Waals surface area contributed by atoms with E-state index in [1.807, 2.05) is 44.0 Å². The lowest BCUT2D eigenvalue weighted by Gasteiger charge is -2.21. The van der Waals surface area contributed by atoms with Crippen molar-refractivity contribution in [3.63, 3.8) is 0 Å². The molecule has 2 aromatic heterocycles. The van der Waals surface area contributed by atoms with Gasteiger partial charge in [-0.05, 0) is 19.1 Å². The summed E-state index contributed by atoms with van der Waals surface area (Å²) in [5, 5.41) is 5.15. The molecule has 6 nitrogen and oxygen atoms in total. The third-order valence-corrected chi connectivity index (χ3v) is 3.93. The summed E-state index contributed by atoms with van der Waals surface area (Å²) < 4.78 is 6.51. The largest absolute Gasteiger partial charge is 0.461 e. The minimum absolute atomic E-state index is 0.167. The number of rotatable bonds is 4. The first-order valence-electron chi connectivity index (χ1n) is 8.23. The number of carbonyl (C=O) groups is 1. The molecule has 26 heavy (non-hydrogen) atoms. The lowest BCUT2D eigenvalue weighted by Crippen LogP contribution is -2.15. The van der Waals surface area contributed by atoms with E-state index in [2.05, 4.69) is 10.1 Å². The fourth-order valence-electron chi connectivity index (χ4n) is 2.32. The van der Waals surface area contributed by atoms with E-state index in [9.17, 15) is 4.79 Å². The van der Waals surface area contributed by atoms with Crippen LogP contribution in [-0.2, 0) is 4.74 Å². The Bertz CT molecular complexity index is 911. The number of fused-ring (bicyclic) bond motifs is 1. The van der Waals surface area contributed by atoms with Gasteiger partial charge < -0.3 is 9.64 Å². The molecule has 2 heterocycles. The number of nitrogens with zero attached hydrogens (tertiary/aromatic N) is 4. The van der Waals surface area contributed by atoms with Crippen molar-refractivity contribution in [2.24, 2.45) is 0 Å². The second-order valence-corrected chi connectivity index (χ2v) is 5.76. The second kappa shape index (κ2) is 8.87. The minimum atomic E-state index is -0.509. The zero-order chi connectivity index (χ0) is 19.3. The average Bonchev–Trinajstić information content (AvgIpc) is 3.07. The molecule has 138 valence electrons. The molecular formula is C18H20Cl2N4O2. The van der Waals surface area contributed by atoms with Crippen LogP contribution in [0.1, 0.15) is 31.3 Å². The van der Waals surface area contributed by atoms with Crippen LogP contribution in [-0.4, -0.2) is 34.2 Å². The topological polar surface area (TPSA) is 59.7 Å². The molecule has 3 rings (SSSR count). The smallest absolute Gasteiger partial charge is 0.358 e. The van der Waals surface area contributed by atoms with E-state index in [1.54, 1.807) is 19.1 Å². The van der Waals surface area contributed by atoms with E-state index in [1.165, 1.54) is 10.6 Å². The molecule has 0 unspecified atom stereocenters. The first-order valence-corrected chi connectivity index (χ1v) is 8.98. The van der Waals surface area contributed by atoms with Crippen LogP contribution in [0, 0.1) is 0 Å². The highest BCUT2D eigenvalue weighted by Crippen LogP contribution is 2.31. The molecule has 0 fully saturated rings. The summed E-state index contributed by atoms with van der Waals surface area (Å²) in [6, 6.07) is 10.6. The van der Waals surface area contributed by atoms with Gasteiger partial charge in [0.15, 0.2) is 11.3 Å². The second-order valence-electron chi connectivity index (χ2n) is 4.97. The summed E-state index contributed by atoms with van der Waals surface area (Å²) >= 11 is 12.4. The Morgan fingerprint density at radius 3 is 2.58 bits per heavy atom. The summed E-state index contributed by atoms with van der Waals surface area (Å²) in [4.78, 5) is 17.9. The number of carbonyl (C=O) groups excluding carboxylic acids is 1. The van der Waals surface area contributed by atoms with Gasteiger partial charge in [0.1, 0.15) is 11.0 Å². The fraction of sp³-hybridized carbons (Fsp3) is 0.278. The predicted molar refractivity (Wildman–Crippen MR) is 105 cm³/mol. The molecule has 0 aliphatic heterocycles. The van der Waals surface area contributed by atoms with Crippen LogP contribution in [0.4, 0.5) is 11.5 Å². The maximum absolute atomic E-state index is 11.9. The number of anilines is 2.